The van der Waals surface area contributed by atoms with E-state index in [4.69, 9.17) is 14.6 Å². The standard InChI is InChI=1S/C13H25NO3/c1-12(2,4-6-15)14-11-3-7-17-13(9-11)5-8-16-10-13/h11,14-15H,3-10H2,1-2H3. The maximum absolute atomic E-state index is 9.05. The van der Waals surface area contributed by atoms with E-state index in [2.05, 4.69) is 19.2 Å². The van der Waals surface area contributed by atoms with Crippen molar-refractivity contribution in [1.82, 2.24) is 5.32 Å². The van der Waals surface area contributed by atoms with E-state index in [0.717, 1.165) is 45.5 Å². The number of rotatable bonds is 4. The number of aliphatic hydroxyl groups excluding tert-OH is 1. The number of aliphatic hydroxyl groups is 1. The van der Waals surface area contributed by atoms with Crippen LogP contribution in [0.25, 0.3) is 0 Å². The molecule has 2 unspecified atom stereocenters. The van der Waals surface area contributed by atoms with Crippen molar-refractivity contribution in [2.45, 2.75) is 56.7 Å². The molecular formula is C13H25NO3. The van der Waals surface area contributed by atoms with Gasteiger partial charge in [0.25, 0.3) is 0 Å². The van der Waals surface area contributed by atoms with Gasteiger partial charge in [0.2, 0.25) is 0 Å². The summed E-state index contributed by atoms with van der Waals surface area (Å²) < 4.78 is 11.4. The van der Waals surface area contributed by atoms with Gasteiger partial charge in [-0.05, 0) is 33.1 Å². The molecule has 17 heavy (non-hydrogen) atoms. The fourth-order valence-corrected chi connectivity index (χ4v) is 2.92. The first kappa shape index (κ1) is 13.3. The SMILES string of the molecule is CC(C)(CCO)NC1CCOC2(CCOC2)C1. The van der Waals surface area contributed by atoms with Crippen molar-refractivity contribution in [3.8, 4) is 0 Å². The third kappa shape index (κ3) is 3.41. The number of nitrogens with one attached hydrogen (secondary N) is 1. The third-order valence-electron chi connectivity index (χ3n) is 3.89. The zero-order chi connectivity index (χ0) is 12.4. The van der Waals surface area contributed by atoms with Crippen molar-refractivity contribution in [1.29, 1.82) is 0 Å². The van der Waals surface area contributed by atoms with Crippen molar-refractivity contribution >= 4 is 0 Å². The fourth-order valence-electron chi connectivity index (χ4n) is 2.92. The van der Waals surface area contributed by atoms with Gasteiger partial charge in [-0.25, -0.2) is 0 Å². The van der Waals surface area contributed by atoms with E-state index in [-0.39, 0.29) is 17.7 Å². The Balaban J connectivity index is 1.89. The average Bonchev–Trinajstić information content (AvgIpc) is 2.65. The maximum atomic E-state index is 9.05. The lowest BCUT2D eigenvalue weighted by atomic mass is 9.87. The highest BCUT2D eigenvalue weighted by Crippen LogP contribution is 2.33. The normalized spacial score (nSPS) is 34.4. The molecule has 4 heteroatoms. The summed E-state index contributed by atoms with van der Waals surface area (Å²) in [4.78, 5) is 0. The predicted octanol–water partition coefficient (Wildman–Crippen LogP) is 1.08. The lowest BCUT2D eigenvalue weighted by Crippen LogP contribution is -2.53. The number of ether oxygens (including phenoxy) is 2. The molecule has 2 rings (SSSR count). The van der Waals surface area contributed by atoms with Crippen LogP contribution in [0.15, 0.2) is 0 Å². The quantitative estimate of drug-likeness (QED) is 0.775. The van der Waals surface area contributed by atoms with Crippen LogP contribution in [-0.4, -0.2) is 48.7 Å². The summed E-state index contributed by atoms with van der Waals surface area (Å²) in [6.07, 6.45) is 3.89. The van der Waals surface area contributed by atoms with Gasteiger partial charge in [-0.3, -0.25) is 0 Å². The molecular weight excluding hydrogens is 218 g/mol. The molecule has 2 saturated heterocycles. The molecule has 2 atom stereocenters. The highest BCUT2D eigenvalue weighted by Gasteiger charge is 2.41. The molecule has 0 amide bonds. The summed E-state index contributed by atoms with van der Waals surface area (Å²) in [5.41, 5.74) is -0.0391. The molecule has 100 valence electrons. The number of hydrogen-bond donors (Lipinski definition) is 2. The summed E-state index contributed by atoms with van der Waals surface area (Å²) in [7, 11) is 0. The van der Waals surface area contributed by atoms with E-state index in [1.807, 2.05) is 0 Å². The molecule has 0 saturated carbocycles. The Morgan fingerprint density at radius 1 is 1.41 bits per heavy atom. The average molecular weight is 243 g/mol. The van der Waals surface area contributed by atoms with Gasteiger partial charge in [-0.15, -0.1) is 0 Å². The molecule has 1 spiro atoms. The second-order valence-electron chi connectivity index (χ2n) is 6.03. The molecule has 0 radical (unpaired) electrons. The van der Waals surface area contributed by atoms with Gasteiger partial charge < -0.3 is 19.9 Å². The molecule has 0 bridgehead atoms. The van der Waals surface area contributed by atoms with Crippen LogP contribution in [0, 0.1) is 0 Å². The van der Waals surface area contributed by atoms with Gasteiger partial charge in [0.05, 0.1) is 12.2 Å². The minimum atomic E-state index is -0.0365. The summed E-state index contributed by atoms with van der Waals surface area (Å²) in [5.74, 6) is 0. The van der Waals surface area contributed by atoms with E-state index in [0.29, 0.717) is 6.04 Å². The largest absolute Gasteiger partial charge is 0.396 e. The Kier molecular flexibility index (Phi) is 4.08. The molecule has 0 aromatic rings. The maximum Gasteiger partial charge on any atom is 0.0951 e. The lowest BCUT2D eigenvalue weighted by molar-refractivity contribution is -0.0920. The summed E-state index contributed by atoms with van der Waals surface area (Å²) >= 11 is 0. The molecule has 4 nitrogen and oxygen atoms in total. The van der Waals surface area contributed by atoms with Crippen LogP contribution >= 0.6 is 0 Å². The Labute approximate surface area is 104 Å². The molecule has 2 aliphatic rings. The van der Waals surface area contributed by atoms with Crippen molar-refractivity contribution < 1.29 is 14.6 Å². The van der Waals surface area contributed by atoms with E-state index >= 15 is 0 Å². The lowest BCUT2D eigenvalue weighted by Gasteiger charge is -2.41. The minimum Gasteiger partial charge on any atom is -0.396 e. The van der Waals surface area contributed by atoms with Gasteiger partial charge in [-0.1, -0.05) is 0 Å². The summed E-state index contributed by atoms with van der Waals surface area (Å²) in [6, 6.07) is 0.479. The van der Waals surface area contributed by atoms with Crippen molar-refractivity contribution in [3.05, 3.63) is 0 Å². The van der Waals surface area contributed by atoms with Gasteiger partial charge in [0, 0.05) is 37.8 Å². The van der Waals surface area contributed by atoms with Crippen LogP contribution in [0.2, 0.25) is 0 Å². The summed E-state index contributed by atoms with van der Waals surface area (Å²) in [6.45, 7) is 6.92. The van der Waals surface area contributed by atoms with Crippen LogP contribution in [0.3, 0.4) is 0 Å². The first-order valence-corrected chi connectivity index (χ1v) is 6.66. The van der Waals surface area contributed by atoms with E-state index in [1.54, 1.807) is 0 Å². The monoisotopic (exact) mass is 243 g/mol. The fraction of sp³-hybridized carbons (Fsp3) is 1.00. The highest BCUT2D eigenvalue weighted by atomic mass is 16.6. The van der Waals surface area contributed by atoms with Crippen LogP contribution in [-0.2, 0) is 9.47 Å². The summed E-state index contributed by atoms with van der Waals surface area (Å²) in [5, 5.41) is 12.7. The third-order valence-corrected chi connectivity index (χ3v) is 3.89. The number of hydrogen-bond acceptors (Lipinski definition) is 4. The molecule has 2 N–H and O–H groups in total. The molecule has 2 fully saturated rings. The molecule has 2 heterocycles. The van der Waals surface area contributed by atoms with Gasteiger partial charge >= 0.3 is 0 Å². The second kappa shape index (κ2) is 5.22. The first-order chi connectivity index (χ1) is 8.05. The molecule has 2 aliphatic heterocycles. The van der Waals surface area contributed by atoms with Crippen LogP contribution < -0.4 is 5.32 Å². The van der Waals surface area contributed by atoms with Crippen molar-refractivity contribution in [2.24, 2.45) is 0 Å². The Morgan fingerprint density at radius 3 is 2.88 bits per heavy atom. The van der Waals surface area contributed by atoms with Gasteiger partial charge in [0.15, 0.2) is 0 Å². The second-order valence-corrected chi connectivity index (χ2v) is 6.03. The van der Waals surface area contributed by atoms with Crippen LogP contribution in [0.1, 0.15) is 39.5 Å². The van der Waals surface area contributed by atoms with Crippen LogP contribution in [0.4, 0.5) is 0 Å². The van der Waals surface area contributed by atoms with Gasteiger partial charge in [-0.2, -0.15) is 0 Å². The minimum absolute atomic E-state index is 0.00257. The highest BCUT2D eigenvalue weighted by molar-refractivity contribution is 4.95. The molecule has 0 aromatic carbocycles. The van der Waals surface area contributed by atoms with Crippen LogP contribution in [0.5, 0.6) is 0 Å². The Bertz CT molecular complexity index is 249. The smallest absolute Gasteiger partial charge is 0.0951 e. The molecule has 0 aromatic heterocycles. The van der Waals surface area contributed by atoms with Gasteiger partial charge in [0.1, 0.15) is 0 Å². The first-order valence-electron chi connectivity index (χ1n) is 6.66. The van der Waals surface area contributed by atoms with Crippen molar-refractivity contribution in [3.63, 3.8) is 0 Å². The Hall–Kier alpha value is -0.160. The molecule has 0 aliphatic carbocycles. The zero-order valence-corrected chi connectivity index (χ0v) is 11.0. The van der Waals surface area contributed by atoms with Crippen molar-refractivity contribution in [2.75, 3.05) is 26.4 Å². The topological polar surface area (TPSA) is 50.7 Å². The Morgan fingerprint density at radius 2 is 2.24 bits per heavy atom. The zero-order valence-electron chi connectivity index (χ0n) is 11.0. The predicted molar refractivity (Wildman–Crippen MR) is 66.1 cm³/mol. The van der Waals surface area contributed by atoms with E-state index in [9.17, 15) is 0 Å². The van der Waals surface area contributed by atoms with E-state index < -0.39 is 0 Å². The van der Waals surface area contributed by atoms with E-state index in [1.165, 1.54) is 0 Å².